The average Bonchev–Trinajstić information content (AvgIpc) is 3.43. The number of hydrazone groups is 1. The first kappa shape index (κ1) is 19.4. The Balaban J connectivity index is 1.44. The second kappa shape index (κ2) is 8.31. The van der Waals surface area contributed by atoms with Crippen molar-refractivity contribution in [2.45, 2.75) is 0 Å². The third kappa shape index (κ3) is 3.67. The number of nitrogens with zero attached hydrogens (tertiary/aromatic N) is 5. The summed E-state index contributed by atoms with van der Waals surface area (Å²) in [5.41, 5.74) is 6.23. The van der Waals surface area contributed by atoms with Crippen LogP contribution in [0, 0.1) is 0 Å². The molecule has 2 heterocycles. The number of para-hydroxylation sites is 2. The van der Waals surface area contributed by atoms with Gasteiger partial charge in [0.15, 0.2) is 5.82 Å². The zero-order valence-corrected chi connectivity index (χ0v) is 17.4. The molecule has 1 N–H and O–H groups in total. The van der Waals surface area contributed by atoms with Crippen LogP contribution in [-0.2, 0) is 7.05 Å². The SMILES string of the molecule is Cn1cc(C=NNC(=O)c2nc(-c3ccccc3)n(-c3ccccc3)n2)c2ccccc21. The zero-order valence-electron chi connectivity index (χ0n) is 17.4. The zero-order chi connectivity index (χ0) is 21.9. The molecule has 0 radical (unpaired) electrons. The molecule has 0 spiro atoms. The molecule has 0 fully saturated rings. The Morgan fingerprint density at radius 3 is 2.41 bits per heavy atom. The van der Waals surface area contributed by atoms with E-state index in [2.05, 4.69) is 20.6 Å². The van der Waals surface area contributed by atoms with Crippen LogP contribution in [0.3, 0.4) is 0 Å². The van der Waals surface area contributed by atoms with Crippen LogP contribution in [0.1, 0.15) is 16.2 Å². The van der Waals surface area contributed by atoms with Gasteiger partial charge in [-0.15, -0.1) is 5.10 Å². The molecule has 7 heteroatoms. The van der Waals surface area contributed by atoms with Crippen LogP contribution in [0.5, 0.6) is 0 Å². The number of aromatic nitrogens is 4. The number of carbonyl (C=O) groups is 1. The van der Waals surface area contributed by atoms with Crippen molar-refractivity contribution in [3.05, 3.63) is 103 Å². The Hall–Kier alpha value is -4.52. The Kier molecular flexibility index (Phi) is 5.05. The molecule has 0 saturated carbocycles. The van der Waals surface area contributed by atoms with Crippen molar-refractivity contribution in [1.82, 2.24) is 24.8 Å². The van der Waals surface area contributed by atoms with Crippen LogP contribution >= 0.6 is 0 Å². The number of hydrogen-bond donors (Lipinski definition) is 1. The molecule has 2 aromatic heterocycles. The molecule has 3 aromatic carbocycles. The van der Waals surface area contributed by atoms with Gasteiger partial charge in [0.05, 0.1) is 11.9 Å². The lowest BCUT2D eigenvalue weighted by Crippen LogP contribution is -2.19. The molecule has 0 unspecified atom stereocenters. The van der Waals surface area contributed by atoms with Crippen LogP contribution in [0.15, 0.2) is 96.2 Å². The monoisotopic (exact) mass is 420 g/mol. The van der Waals surface area contributed by atoms with Gasteiger partial charge < -0.3 is 4.57 Å². The van der Waals surface area contributed by atoms with E-state index in [-0.39, 0.29) is 5.82 Å². The van der Waals surface area contributed by atoms with Gasteiger partial charge in [-0.1, -0.05) is 66.7 Å². The fraction of sp³-hybridized carbons (Fsp3) is 0.0400. The van der Waals surface area contributed by atoms with Crippen molar-refractivity contribution in [3.63, 3.8) is 0 Å². The molecule has 0 aliphatic carbocycles. The predicted molar refractivity (Wildman–Crippen MR) is 125 cm³/mol. The maximum atomic E-state index is 12.8. The Morgan fingerprint density at radius 2 is 1.62 bits per heavy atom. The van der Waals surface area contributed by atoms with E-state index < -0.39 is 5.91 Å². The lowest BCUT2D eigenvalue weighted by atomic mass is 10.2. The van der Waals surface area contributed by atoms with Crippen LogP contribution in [0.4, 0.5) is 0 Å². The highest BCUT2D eigenvalue weighted by Crippen LogP contribution is 2.21. The molecule has 5 rings (SSSR count). The van der Waals surface area contributed by atoms with Gasteiger partial charge in [0.1, 0.15) is 0 Å². The van der Waals surface area contributed by atoms with Gasteiger partial charge in [-0.2, -0.15) is 5.10 Å². The molecule has 5 aromatic rings. The lowest BCUT2D eigenvalue weighted by Gasteiger charge is -2.05. The fourth-order valence-electron chi connectivity index (χ4n) is 3.62. The number of amides is 1. The molecule has 0 atom stereocenters. The first-order valence-electron chi connectivity index (χ1n) is 10.2. The molecule has 0 saturated heterocycles. The second-order valence-corrected chi connectivity index (χ2v) is 7.28. The minimum Gasteiger partial charge on any atom is -0.350 e. The third-order valence-electron chi connectivity index (χ3n) is 5.14. The summed E-state index contributed by atoms with van der Waals surface area (Å²) in [7, 11) is 1.98. The summed E-state index contributed by atoms with van der Waals surface area (Å²) in [6, 6.07) is 27.3. The van der Waals surface area contributed by atoms with E-state index >= 15 is 0 Å². The van der Waals surface area contributed by atoms with Crippen LogP contribution in [-0.4, -0.2) is 31.5 Å². The number of aryl methyl sites for hydroxylation is 1. The summed E-state index contributed by atoms with van der Waals surface area (Å²) >= 11 is 0. The van der Waals surface area contributed by atoms with E-state index in [1.54, 1.807) is 10.9 Å². The molecule has 0 aliphatic rings. The van der Waals surface area contributed by atoms with Gasteiger partial charge in [-0.25, -0.2) is 15.1 Å². The smallest absolute Gasteiger partial charge is 0.311 e. The number of hydrogen-bond acceptors (Lipinski definition) is 4. The molecule has 1 amide bonds. The summed E-state index contributed by atoms with van der Waals surface area (Å²) in [4.78, 5) is 17.3. The highest BCUT2D eigenvalue weighted by molar-refractivity contribution is 6.00. The Bertz CT molecular complexity index is 1360. The molecular weight excluding hydrogens is 400 g/mol. The number of nitrogens with one attached hydrogen (secondary N) is 1. The summed E-state index contributed by atoms with van der Waals surface area (Å²) in [6.07, 6.45) is 3.60. The second-order valence-electron chi connectivity index (χ2n) is 7.28. The molecule has 0 aliphatic heterocycles. The van der Waals surface area contributed by atoms with Crippen molar-refractivity contribution in [2.75, 3.05) is 0 Å². The van der Waals surface area contributed by atoms with Crippen molar-refractivity contribution in [1.29, 1.82) is 0 Å². The van der Waals surface area contributed by atoms with Crippen LogP contribution in [0.2, 0.25) is 0 Å². The fourth-order valence-corrected chi connectivity index (χ4v) is 3.62. The van der Waals surface area contributed by atoms with Crippen LogP contribution in [0.25, 0.3) is 28.0 Å². The van der Waals surface area contributed by atoms with E-state index in [0.717, 1.165) is 27.7 Å². The van der Waals surface area contributed by atoms with Gasteiger partial charge in [0.2, 0.25) is 5.82 Å². The molecule has 7 nitrogen and oxygen atoms in total. The van der Waals surface area contributed by atoms with E-state index in [1.165, 1.54) is 0 Å². The van der Waals surface area contributed by atoms with E-state index in [9.17, 15) is 4.79 Å². The predicted octanol–water partition coefficient (Wildman–Crippen LogP) is 4.19. The lowest BCUT2D eigenvalue weighted by molar-refractivity contribution is 0.0945. The summed E-state index contributed by atoms with van der Waals surface area (Å²) in [5.74, 6) is 0.149. The van der Waals surface area contributed by atoms with Gasteiger partial charge in [0.25, 0.3) is 0 Å². The molecule has 32 heavy (non-hydrogen) atoms. The Morgan fingerprint density at radius 1 is 0.938 bits per heavy atom. The van der Waals surface area contributed by atoms with Crippen molar-refractivity contribution in [2.24, 2.45) is 12.1 Å². The normalized spacial score (nSPS) is 11.3. The highest BCUT2D eigenvalue weighted by atomic mass is 16.2. The van der Waals surface area contributed by atoms with E-state index in [1.807, 2.05) is 103 Å². The minimum atomic E-state index is -0.478. The maximum Gasteiger partial charge on any atom is 0.311 e. The summed E-state index contributed by atoms with van der Waals surface area (Å²) < 4.78 is 3.69. The largest absolute Gasteiger partial charge is 0.350 e. The average molecular weight is 420 g/mol. The number of benzene rings is 3. The molecule has 156 valence electrons. The van der Waals surface area contributed by atoms with Crippen molar-refractivity contribution >= 4 is 23.0 Å². The first-order chi connectivity index (χ1) is 15.7. The van der Waals surface area contributed by atoms with Gasteiger partial charge in [-0.3, -0.25) is 4.79 Å². The minimum absolute atomic E-state index is 0.0442. The quantitative estimate of drug-likeness (QED) is 0.342. The number of rotatable bonds is 5. The van der Waals surface area contributed by atoms with E-state index in [4.69, 9.17) is 0 Å². The van der Waals surface area contributed by atoms with Crippen molar-refractivity contribution < 1.29 is 4.79 Å². The summed E-state index contributed by atoms with van der Waals surface area (Å²) in [6.45, 7) is 0. The maximum absolute atomic E-state index is 12.8. The topological polar surface area (TPSA) is 77.1 Å². The van der Waals surface area contributed by atoms with Crippen molar-refractivity contribution in [3.8, 4) is 17.1 Å². The Labute approximate surface area is 184 Å². The van der Waals surface area contributed by atoms with Gasteiger partial charge >= 0.3 is 5.91 Å². The summed E-state index contributed by atoms with van der Waals surface area (Å²) in [5, 5.41) is 9.65. The van der Waals surface area contributed by atoms with Gasteiger partial charge in [0, 0.05) is 35.3 Å². The van der Waals surface area contributed by atoms with E-state index in [0.29, 0.717) is 5.82 Å². The molecular formula is C25H20N6O. The number of carbonyl (C=O) groups excluding carboxylic acids is 1. The third-order valence-corrected chi connectivity index (χ3v) is 5.14. The first-order valence-corrected chi connectivity index (χ1v) is 10.2. The van der Waals surface area contributed by atoms with Gasteiger partial charge in [-0.05, 0) is 18.2 Å². The molecule has 0 bridgehead atoms. The highest BCUT2D eigenvalue weighted by Gasteiger charge is 2.18. The number of fused-ring (bicyclic) bond motifs is 1. The van der Waals surface area contributed by atoms with Crippen LogP contribution < -0.4 is 5.43 Å². The standard InChI is InChI=1S/C25H20N6O/c1-30-17-19(21-14-8-9-15-22(21)30)16-26-28-25(32)23-27-24(18-10-4-2-5-11-18)31(29-23)20-12-6-3-7-13-20/h2-17H,1H3,(H,28,32).